The average Bonchev–Trinajstić information content (AvgIpc) is 2.75. The van der Waals surface area contributed by atoms with Gasteiger partial charge in [-0.05, 0) is 49.0 Å². The van der Waals surface area contributed by atoms with Crippen LogP contribution in [0.15, 0.2) is 29.2 Å². The molecule has 1 amide bonds. The van der Waals surface area contributed by atoms with E-state index in [1.54, 1.807) is 24.3 Å². The summed E-state index contributed by atoms with van der Waals surface area (Å²) in [6.07, 6.45) is 3.97. The third-order valence-corrected chi connectivity index (χ3v) is 5.92. The summed E-state index contributed by atoms with van der Waals surface area (Å²) >= 11 is 0. The number of nitrogens with zero attached hydrogens (tertiary/aromatic N) is 1. The van der Waals surface area contributed by atoms with Crippen LogP contribution >= 0.6 is 12.4 Å². The predicted molar refractivity (Wildman–Crippen MR) is 91.4 cm³/mol. The van der Waals surface area contributed by atoms with Gasteiger partial charge in [-0.2, -0.15) is 0 Å². The highest BCUT2D eigenvalue weighted by molar-refractivity contribution is 7.90. The number of carbonyl (C=O) groups is 1. The molecule has 2 saturated heterocycles. The minimum absolute atomic E-state index is 0. The average molecular weight is 359 g/mol. The predicted octanol–water partition coefficient (Wildman–Crippen LogP) is 1.61. The fraction of sp³-hybridized carbons (Fsp3) is 0.562. The Morgan fingerprint density at radius 1 is 1.17 bits per heavy atom. The van der Waals surface area contributed by atoms with Crippen molar-refractivity contribution in [3.8, 4) is 0 Å². The third-order valence-electron chi connectivity index (χ3n) is 4.79. The van der Waals surface area contributed by atoms with Gasteiger partial charge in [0.2, 0.25) is 5.91 Å². The van der Waals surface area contributed by atoms with Crippen molar-refractivity contribution in [2.75, 3.05) is 25.9 Å². The lowest BCUT2D eigenvalue weighted by Gasteiger charge is -2.33. The highest BCUT2D eigenvalue weighted by Gasteiger charge is 2.43. The number of sulfone groups is 1. The zero-order valence-electron chi connectivity index (χ0n) is 13.2. The van der Waals surface area contributed by atoms with E-state index in [1.807, 2.05) is 4.90 Å². The van der Waals surface area contributed by atoms with Crippen molar-refractivity contribution < 1.29 is 13.2 Å². The number of halogens is 1. The van der Waals surface area contributed by atoms with Crippen LogP contribution in [0.4, 0.5) is 0 Å². The lowest BCUT2D eigenvalue weighted by atomic mass is 9.78. The number of likely N-dealkylation sites (tertiary alicyclic amines) is 1. The molecule has 2 aliphatic heterocycles. The Morgan fingerprint density at radius 2 is 1.78 bits per heavy atom. The Bertz CT molecular complexity index is 667. The monoisotopic (exact) mass is 358 g/mol. The van der Waals surface area contributed by atoms with Gasteiger partial charge in [0.15, 0.2) is 9.84 Å². The first-order chi connectivity index (χ1) is 10.4. The molecular formula is C16H23ClN2O3S. The first-order valence-corrected chi connectivity index (χ1v) is 9.55. The molecule has 0 aliphatic carbocycles. The second kappa shape index (κ2) is 6.79. The van der Waals surface area contributed by atoms with Gasteiger partial charge in [0, 0.05) is 25.8 Å². The number of piperidine rings is 1. The number of rotatable bonds is 3. The van der Waals surface area contributed by atoms with E-state index in [4.69, 9.17) is 0 Å². The summed E-state index contributed by atoms with van der Waals surface area (Å²) < 4.78 is 22.9. The second-order valence-electron chi connectivity index (χ2n) is 6.59. The lowest BCUT2D eigenvalue weighted by Crippen LogP contribution is -2.38. The Labute approximate surface area is 143 Å². The van der Waals surface area contributed by atoms with E-state index in [9.17, 15) is 13.2 Å². The number of hydrogen-bond acceptors (Lipinski definition) is 4. The standard InChI is InChI=1S/C16H22N2O3S.ClH/c1-22(20,21)14-4-2-13(3-5-14)11-18-12-16(10-15(18)19)6-8-17-9-7-16;/h2-5,17H,6-12H2,1H3;1H. The van der Waals surface area contributed by atoms with Crippen LogP contribution in [0.5, 0.6) is 0 Å². The molecule has 1 spiro atoms. The van der Waals surface area contributed by atoms with Crippen LogP contribution in [0.2, 0.25) is 0 Å². The normalized spacial score (nSPS) is 20.6. The van der Waals surface area contributed by atoms with Gasteiger partial charge in [-0.1, -0.05) is 12.1 Å². The van der Waals surface area contributed by atoms with E-state index >= 15 is 0 Å². The molecule has 3 rings (SSSR count). The minimum Gasteiger partial charge on any atom is -0.338 e. The molecule has 2 heterocycles. The quantitative estimate of drug-likeness (QED) is 0.891. The minimum atomic E-state index is -3.17. The molecule has 23 heavy (non-hydrogen) atoms. The summed E-state index contributed by atoms with van der Waals surface area (Å²) in [5.41, 5.74) is 1.13. The van der Waals surface area contributed by atoms with Crippen LogP contribution in [0, 0.1) is 5.41 Å². The van der Waals surface area contributed by atoms with E-state index < -0.39 is 9.84 Å². The fourth-order valence-electron chi connectivity index (χ4n) is 3.48. The van der Waals surface area contributed by atoms with Crippen LogP contribution in [-0.4, -0.2) is 45.1 Å². The maximum atomic E-state index is 12.3. The van der Waals surface area contributed by atoms with E-state index in [2.05, 4.69) is 5.32 Å². The highest BCUT2D eigenvalue weighted by atomic mass is 35.5. The van der Waals surface area contributed by atoms with Crippen molar-refractivity contribution in [3.63, 3.8) is 0 Å². The van der Waals surface area contributed by atoms with Crippen molar-refractivity contribution in [1.82, 2.24) is 10.2 Å². The topological polar surface area (TPSA) is 66.5 Å². The Hall–Kier alpha value is -1.11. The van der Waals surface area contributed by atoms with Crippen LogP contribution in [0.1, 0.15) is 24.8 Å². The molecule has 0 unspecified atom stereocenters. The molecule has 0 saturated carbocycles. The molecule has 1 aromatic carbocycles. The van der Waals surface area contributed by atoms with Crippen LogP contribution in [0.25, 0.3) is 0 Å². The summed E-state index contributed by atoms with van der Waals surface area (Å²) in [4.78, 5) is 14.5. The van der Waals surface area contributed by atoms with E-state index in [0.29, 0.717) is 17.9 Å². The maximum Gasteiger partial charge on any atom is 0.223 e. The molecule has 1 aromatic rings. The first-order valence-electron chi connectivity index (χ1n) is 7.66. The summed E-state index contributed by atoms with van der Waals surface area (Å²) in [5.74, 6) is 0.217. The number of benzene rings is 1. The number of carbonyl (C=O) groups excluding carboxylic acids is 1. The van der Waals surface area contributed by atoms with Gasteiger partial charge in [-0.15, -0.1) is 12.4 Å². The van der Waals surface area contributed by atoms with Gasteiger partial charge in [0.25, 0.3) is 0 Å². The molecule has 2 fully saturated rings. The number of amides is 1. The molecule has 0 radical (unpaired) electrons. The molecule has 2 aliphatic rings. The van der Waals surface area contributed by atoms with Gasteiger partial charge in [0.1, 0.15) is 0 Å². The molecule has 5 nitrogen and oxygen atoms in total. The van der Waals surface area contributed by atoms with E-state index in [-0.39, 0.29) is 23.7 Å². The molecular weight excluding hydrogens is 336 g/mol. The fourth-order valence-corrected chi connectivity index (χ4v) is 4.11. The Balaban J connectivity index is 0.00000192. The van der Waals surface area contributed by atoms with Gasteiger partial charge in [-0.3, -0.25) is 4.79 Å². The molecule has 0 aromatic heterocycles. The molecule has 0 bridgehead atoms. The zero-order chi connectivity index (χ0) is 15.8. The van der Waals surface area contributed by atoms with Gasteiger partial charge >= 0.3 is 0 Å². The molecule has 1 N–H and O–H groups in total. The summed E-state index contributed by atoms with van der Waals surface area (Å²) in [7, 11) is -3.17. The van der Waals surface area contributed by atoms with Crippen LogP contribution in [0.3, 0.4) is 0 Å². The number of hydrogen-bond donors (Lipinski definition) is 1. The van der Waals surface area contributed by atoms with Crippen molar-refractivity contribution >= 4 is 28.2 Å². The summed E-state index contributed by atoms with van der Waals surface area (Å²) in [6.45, 7) is 3.37. The zero-order valence-corrected chi connectivity index (χ0v) is 14.9. The smallest absolute Gasteiger partial charge is 0.223 e. The van der Waals surface area contributed by atoms with E-state index in [1.165, 1.54) is 6.26 Å². The van der Waals surface area contributed by atoms with Crippen molar-refractivity contribution in [1.29, 1.82) is 0 Å². The number of nitrogens with one attached hydrogen (secondary N) is 1. The second-order valence-corrected chi connectivity index (χ2v) is 8.61. The maximum absolute atomic E-state index is 12.3. The largest absolute Gasteiger partial charge is 0.338 e. The SMILES string of the molecule is CS(=O)(=O)c1ccc(CN2CC3(CCNCC3)CC2=O)cc1.Cl. The summed E-state index contributed by atoms with van der Waals surface area (Å²) in [5, 5.41) is 3.35. The molecule has 0 atom stereocenters. The lowest BCUT2D eigenvalue weighted by molar-refractivity contribution is -0.128. The molecule has 7 heteroatoms. The van der Waals surface area contributed by atoms with Crippen LogP contribution < -0.4 is 5.32 Å². The molecule has 128 valence electrons. The Kier molecular flexibility index (Phi) is 5.38. The van der Waals surface area contributed by atoms with E-state index in [0.717, 1.165) is 38.0 Å². The third kappa shape index (κ3) is 4.05. The van der Waals surface area contributed by atoms with Gasteiger partial charge in [-0.25, -0.2) is 8.42 Å². The van der Waals surface area contributed by atoms with Crippen molar-refractivity contribution in [3.05, 3.63) is 29.8 Å². The van der Waals surface area contributed by atoms with Gasteiger partial charge in [0.05, 0.1) is 4.90 Å². The summed E-state index contributed by atoms with van der Waals surface area (Å²) in [6, 6.07) is 6.84. The highest BCUT2D eigenvalue weighted by Crippen LogP contribution is 2.39. The van der Waals surface area contributed by atoms with Crippen LogP contribution in [-0.2, 0) is 21.2 Å². The first kappa shape index (κ1) is 18.2. The van der Waals surface area contributed by atoms with Gasteiger partial charge < -0.3 is 10.2 Å². The van der Waals surface area contributed by atoms with Crippen molar-refractivity contribution in [2.45, 2.75) is 30.7 Å². The Morgan fingerprint density at radius 3 is 2.35 bits per heavy atom. The van der Waals surface area contributed by atoms with Crippen molar-refractivity contribution in [2.24, 2.45) is 5.41 Å².